The fourth-order valence-corrected chi connectivity index (χ4v) is 2.93. The van der Waals surface area contributed by atoms with E-state index < -0.39 is 0 Å². The third-order valence-electron chi connectivity index (χ3n) is 4.12. The Morgan fingerprint density at radius 1 is 0.917 bits per heavy atom. The molecule has 0 fully saturated rings. The van der Waals surface area contributed by atoms with Gasteiger partial charge in [0, 0.05) is 25.4 Å². The van der Waals surface area contributed by atoms with Gasteiger partial charge >= 0.3 is 0 Å². The Labute approximate surface area is 141 Å². The summed E-state index contributed by atoms with van der Waals surface area (Å²) in [7, 11) is 2.08. The van der Waals surface area contributed by atoms with E-state index in [9.17, 15) is 0 Å². The molecule has 0 amide bonds. The van der Waals surface area contributed by atoms with Gasteiger partial charge in [-0.15, -0.1) is 0 Å². The summed E-state index contributed by atoms with van der Waals surface area (Å²) < 4.78 is 1.91. The zero-order chi connectivity index (χ0) is 16.4. The largest absolute Gasteiger partial charge is 0.355 e. The fraction of sp³-hybridized carbons (Fsp3) is 0.100. The van der Waals surface area contributed by atoms with Gasteiger partial charge in [-0.2, -0.15) is 9.61 Å². The number of aromatic nitrogens is 3. The average Bonchev–Trinajstić information content (AvgIpc) is 3.07. The highest BCUT2D eigenvalue weighted by Gasteiger charge is 2.12. The molecule has 0 spiro atoms. The molecule has 0 bridgehead atoms. The summed E-state index contributed by atoms with van der Waals surface area (Å²) in [5, 5.41) is 4.57. The molecule has 0 radical (unpaired) electrons. The molecule has 0 saturated carbocycles. The lowest BCUT2D eigenvalue weighted by Gasteiger charge is -2.20. The maximum absolute atomic E-state index is 4.57. The first-order valence-corrected chi connectivity index (χ1v) is 7.96. The number of fused-ring (bicyclic) bond motifs is 1. The zero-order valence-electron chi connectivity index (χ0n) is 13.5. The first-order chi connectivity index (χ1) is 11.8. The van der Waals surface area contributed by atoms with Crippen molar-refractivity contribution in [2.45, 2.75) is 6.54 Å². The van der Waals surface area contributed by atoms with Crippen LogP contribution < -0.4 is 4.90 Å². The van der Waals surface area contributed by atoms with E-state index in [1.165, 1.54) is 5.56 Å². The van der Waals surface area contributed by atoms with Gasteiger partial charge in [0.2, 0.25) is 0 Å². The second kappa shape index (κ2) is 6.16. The van der Waals surface area contributed by atoms with E-state index in [-0.39, 0.29) is 0 Å². The topological polar surface area (TPSA) is 33.4 Å². The molecule has 0 atom stereocenters. The SMILES string of the molecule is CN(Cc1ccccc1)c1ccnc2c(-c3ccccc3)cnn12. The molecule has 2 aromatic heterocycles. The molecule has 4 nitrogen and oxygen atoms in total. The first kappa shape index (κ1) is 14.5. The van der Waals surface area contributed by atoms with Crippen LogP contribution in [0.2, 0.25) is 0 Å². The van der Waals surface area contributed by atoms with E-state index in [1.807, 2.05) is 47.2 Å². The van der Waals surface area contributed by atoms with Gasteiger partial charge in [-0.05, 0) is 17.2 Å². The number of hydrogen-bond acceptors (Lipinski definition) is 3. The van der Waals surface area contributed by atoms with Crippen molar-refractivity contribution in [3.63, 3.8) is 0 Å². The summed E-state index contributed by atoms with van der Waals surface area (Å²) in [5.41, 5.74) is 4.31. The van der Waals surface area contributed by atoms with Crippen molar-refractivity contribution in [1.82, 2.24) is 14.6 Å². The quantitative estimate of drug-likeness (QED) is 0.570. The van der Waals surface area contributed by atoms with Crippen LogP contribution in [0.5, 0.6) is 0 Å². The molecule has 118 valence electrons. The number of nitrogens with zero attached hydrogens (tertiary/aromatic N) is 4. The van der Waals surface area contributed by atoms with Crippen LogP contribution in [0.25, 0.3) is 16.8 Å². The van der Waals surface area contributed by atoms with Gasteiger partial charge in [0.1, 0.15) is 5.82 Å². The van der Waals surface area contributed by atoms with Crippen LogP contribution in [0.1, 0.15) is 5.56 Å². The van der Waals surface area contributed by atoms with Gasteiger partial charge in [-0.3, -0.25) is 0 Å². The highest BCUT2D eigenvalue weighted by molar-refractivity contribution is 5.77. The van der Waals surface area contributed by atoms with Crippen molar-refractivity contribution in [3.8, 4) is 11.1 Å². The van der Waals surface area contributed by atoms with E-state index in [1.54, 1.807) is 0 Å². The maximum atomic E-state index is 4.57. The maximum Gasteiger partial charge on any atom is 0.165 e. The Kier molecular flexibility index (Phi) is 3.71. The van der Waals surface area contributed by atoms with Crippen molar-refractivity contribution in [2.75, 3.05) is 11.9 Å². The Bertz CT molecular complexity index is 945. The molecular formula is C20H18N4. The minimum absolute atomic E-state index is 0.820. The predicted molar refractivity (Wildman–Crippen MR) is 97.0 cm³/mol. The molecule has 2 heterocycles. The molecule has 4 heteroatoms. The van der Waals surface area contributed by atoms with Gasteiger partial charge in [0.15, 0.2) is 5.65 Å². The zero-order valence-corrected chi connectivity index (χ0v) is 13.5. The van der Waals surface area contributed by atoms with E-state index >= 15 is 0 Å². The van der Waals surface area contributed by atoms with Crippen LogP contribution in [0.15, 0.2) is 79.1 Å². The molecule has 0 aliphatic rings. The Morgan fingerprint density at radius 3 is 2.38 bits per heavy atom. The van der Waals surface area contributed by atoms with Crippen molar-refractivity contribution in [2.24, 2.45) is 0 Å². The molecule has 2 aromatic carbocycles. The second-order valence-electron chi connectivity index (χ2n) is 5.80. The van der Waals surface area contributed by atoms with Crippen LogP contribution in [-0.2, 0) is 6.54 Å². The van der Waals surface area contributed by atoms with Crippen molar-refractivity contribution >= 4 is 11.5 Å². The number of anilines is 1. The lowest BCUT2D eigenvalue weighted by atomic mass is 10.1. The van der Waals surface area contributed by atoms with E-state index in [0.29, 0.717) is 0 Å². The van der Waals surface area contributed by atoms with Crippen molar-refractivity contribution < 1.29 is 0 Å². The summed E-state index contributed by atoms with van der Waals surface area (Å²) in [6, 6.07) is 22.7. The molecule has 0 saturated heterocycles. The third-order valence-corrected chi connectivity index (χ3v) is 4.12. The van der Waals surface area contributed by atoms with E-state index in [4.69, 9.17) is 0 Å². The highest BCUT2D eigenvalue weighted by Crippen LogP contribution is 2.25. The molecule has 24 heavy (non-hydrogen) atoms. The third kappa shape index (κ3) is 2.63. The second-order valence-corrected chi connectivity index (χ2v) is 5.80. The van der Waals surface area contributed by atoms with Crippen LogP contribution in [-0.4, -0.2) is 21.6 Å². The van der Waals surface area contributed by atoms with Crippen LogP contribution in [0.4, 0.5) is 5.82 Å². The predicted octanol–water partition coefficient (Wildman–Crippen LogP) is 4.03. The summed E-state index contributed by atoms with van der Waals surface area (Å²) in [4.78, 5) is 6.73. The van der Waals surface area contributed by atoms with E-state index in [2.05, 4.69) is 58.4 Å². The molecular weight excluding hydrogens is 296 g/mol. The van der Waals surface area contributed by atoms with Gasteiger partial charge < -0.3 is 4.90 Å². The Balaban J connectivity index is 1.73. The van der Waals surface area contributed by atoms with Gasteiger partial charge in [0.05, 0.1) is 6.20 Å². The van der Waals surface area contributed by atoms with Crippen LogP contribution >= 0.6 is 0 Å². The smallest absolute Gasteiger partial charge is 0.165 e. The normalized spacial score (nSPS) is 10.9. The first-order valence-electron chi connectivity index (χ1n) is 7.96. The number of rotatable bonds is 4. The highest BCUT2D eigenvalue weighted by atomic mass is 15.3. The van der Waals surface area contributed by atoms with Crippen molar-refractivity contribution in [3.05, 3.63) is 84.7 Å². The summed E-state index contributed by atoms with van der Waals surface area (Å²) in [5.74, 6) is 1.02. The average molecular weight is 314 g/mol. The van der Waals surface area contributed by atoms with E-state index in [0.717, 1.165) is 29.1 Å². The molecule has 0 unspecified atom stereocenters. The summed E-state index contributed by atoms with van der Waals surface area (Å²) in [6.07, 6.45) is 3.73. The Morgan fingerprint density at radius 2 is 1.62 bits per heavy atom. The lowest BCUT2D eigenvalue weighted by molar-refractivity contribution is 0.832. The lowest BCUT2D eigenvalue weighted by Crippen LogP contribution is -2.19. The molecule has 0 aliphatic heterocycles. The van der Waals surface area contributed by atoms with Gasteiger partial charge in [-0.25, -0.2) is 4.98 Å². The minimum Gasteiger partial charge on any atom is -0.355 e. The fourth-order valence-electron chi connectivity index (χ4n) is 2.93. The van der Waals surface area contributed by atoms with Crippen LogP contribution in [0.3, 0.4) is 0 Å². The number of hydrogen-bond donors (Lipinski definition) is 0. The molecule has 4 rings (SSSR count). The standard InChI is InChI=1S/C20H18N4/c1-23(15-16-8-4-2-5-9-16)19-12-13-21-20-18(14-22-24(19)20)17-10-6-3-7-11-17/h2-14H,15H2,1H3. The van der Waals surface area contributed by atoms with Crippen LogP contribution in [0, 0.1) is 0 Å². The van der Waals surface area contributed by atoms with Gasteiger partial charge in [-0.1, -0.05) is 60.7 Å². The number of benzene rings is 2. The summed E-state index contributed by atoms with van der Waals surface area (Å²) >= 11 is 0. The monoisotopic (exact) mass is 314 g/mol. The molecule has 0 N–H and O–H groups in total. The van der Waals surface area contributed by atoms with Crippen molar-refractivity contribution in [1.29, 1.82) is 0 Å². The summed E-state index contributed by atoms with van der Waals surface area (Å²) in [6.45, 7) is 0.820. The molecule has 4 aromatic rings. The van der Waals surface area contributed by atoms with Gasteiger partial charge in [0.25, 0.3) is 0 Å². The minimum atomic E-state index is 0.820. The Hall–Kier alpha value is -3.14. The molecule has 0 aliphatic carbocycles.